The number of aromatic nitrogens is 2. The number of esters is 1. The molecular weight excluding hydrogens is 442 g/mol. The number of carbonyl (C=O) groups is 1. The first-order valence-electron chi connectivity index (χ1n) is 10.9. The van der Waals surface area contributed by atoms with Gasteiger partial charge in [-0.3, -0.25) is 9.67 Å². The van der Waals surface area contributed by atoms with Crippen molar-refractivity contribution in [2.24, 2.45) is 4.99 Å². The normalized spacial score (nSPS) is 13.7. The first-order chi connectivity index (χ1) is 15.5. The fourth-order valence-corrected chi connectivity index (χ4v) is 3.54. The molecule has 33 heavy (non-hydrogen) atoms. The Morgan fingerprint density at radius 2 is 1.88 bits per heavy atom. The average molecular weight is 476 g/mol. The average Bonchev–Trinajstić information content (AvgIpc) is 3.04. The number of benzene rings is 1. The second-order valence-corrected chi connectivity index (χ2v) is 9.01. The summed E-state index contributed by atoms with van der Waals surface area (Å²) in [6.07, 6.45) is 0.817. The molecule has 1 aromatic heterocycles. The van der Waals surface area contributed by atoms with E-state index in [1.807, 2.05) is 26.0 Å². The minimum absolute atomic E-state index is 0.0197. The van der Waals surface area contributed by atoms with Crippen molar-refractivity contribution in [3.8, 4) is 0 Å². The van der Waals surface area contributed by atoms with Gasteiger partial charge in [0.2, 0.25) is 6.29 Å². The van der Waals surface area contributed by atoms with E-state index in [1.54, 1.807) is 24.9 Å². The van der Waals surface area contributed by atoms with Crippen molar-refractivity contribution in [3.63, 3.8) is 0 Å². The molecule has 2 aromatic rings. The molecule has 8 heteroatoms. The van der Waals surface area contributed by atoms with Crippen LogP contribution in [0.3, 0.4) is 0 Å². The highest BCUT2D eigenvalue weighted by Crippen LogP contribution is 2.35. The van der Waals surface area contributed by atoms with Gasteiger partial charge in [0, 0.05) is 39.4 Å². The van der Waals surface area contributed by atoms with Crippen LogP contribution in [-0.2, 0) is 31.0 Å². The molecule has 1 unspecified atom stereocenters. The SMILES string of the molecule is CCn1nc(C)c(Cl)c1/C(OC(C)OC(=O)COC)=C(\C=NC)c1ccc(C(C)(C)C)cc1. The zero-order valence-electron chi connectivity index (χ0n) is 20.7. The molecule has 0 spiro atoms. The zero-order chi connectivity index (χ0) is 24.8. The van der Waals surface area contributed by atoms with Crippen LogP contribution >= 0.6 is 11.6 Å². The molecule has 0 radical (unpaired) electrons. The summed E-state index contributed by atoms with van der Waals surface area (Å²) in [5.41, 5.74) is 4.08. The van der Waals surface area contributed by atoms with Gasteiger partial charge < -0.3 is 14.2 Å². The minimum Gasteiger partial charge on any atom is -0.452 e. The van der Waals surface area contributed by atoms with Crippen LogP contribution in [0.4, 0.5) is 0 Å². The predicted molar refractivity (Wildman–Crippen MR) is 133 cm³/mol. The molecule has 2 rings (SSSR count). The van der Waals surface area contributed by atoms with Gasteiger partial charge in [-0.2, -0.15) is 5.10 Å². The molecule has 0 aliphatic heterocycles. The third kappa shape index (κ3) is 6.68. The molecule has 180 valence electrons. The zero-order valence-corrected chi connectivity index (χ0v) is 21.5. The summed E-state index contributed by atoms with van der Waals surface area (Å²) in [6, 6.07) is 8.22. The van der Waals surface area contributed by atoms with Crippen molar-refractivity contribution in [2.45, 2.75) is 59.8 Å². The molecule has 0 saturated carbocycles. The summed E-state index contributed by atoms with van der Waals surface area (Å²) >= 11 is 6.67. The number of hydrogen-bond acceptors (Lipinski definition) is 6. The molecule has 0 aliphatic rings. The van der Waals surface area contributed by atoms with Crippen LogP contribution in [-0.4, -0.2) is 49.0 Å². The summed E-state index contributed by atoms with van der Waals surface area (Å²) in [6.45, 7) is 12.4. The molecule has 0 saturated heterocycles. The quantitative estimate of drug-likeness (QED) is 0.213. The number of methoxy groups -OCH3 is 1. The van der Waals surface area contributed by atoms with Crippen molar-refractivity contribution in [3.05, 3.63) is 51.8 Å². The van der Waals surface area contributed by atoms with Crippen LogP contribution in [0.2, 0.25) is 5.02 Å². The molecule has 0 bridgehead atoms. The topological polar surface area (TPSA) is 74.9 Å². The van der Waals surface area contributed by atoms with Crippen LogP contribution < -0.4 is 0 Å². The number of aliphatic imine (C=N–C) groups is 1. The second-order valence-electron chi connectivity index (χ2n) is 8.63. The first-order valence-corrected chi connectivity index (χ1v) is 11.3. The number of allylic oxidation sites excluding steroid dienone is 1. The van der Waals surface area contributed by atoms with Crippen molar-refractivity contribution in [2.75, 3.05) is 20.8 Å². The molecule has 1 aromatic carbocycles. The Balaban J connectivity index is 2.69. The molecule has 0 N–H and O–H groups in total. The van der Waals surface area contributed by atoms with E-state index in [0.29, 0.717) is 34.3 Å². The summed E-state index contributed by atoms with van der Waals surface area (Å²) in [5.74, 6) is -0.106. The summed E-state index contributed by atoms with van der Waals surface area (Å²) in [7, 11) is 3.12. The summed E-state index contributed by atoms with van der Waals surface area (Å²) in [4.78, 5) is 16.2. The number of carbonyl (C=O) groups excluding carboxylic acids is 1. The maximum atomic E-state index is 11.9. The Bertz CT molecular complexity index is 1020. The predicted octanol–water partition coefficient (Wildman–Crippen LogP) is 5.28. The maximum Gasteiger partial charge on any atom is 0.335 e. The van der Waals surface area contributed by atoms with Crippen LogP contribution in [0.25, 0.3) is 11.3 Å². The van der Waals surface area contributed by atoms with Gasteiger partial charge in [-0.1, -0.05) is 56.6 Å². The molecule has 0 amide bonds. The molecule has 1 heterocycles. The number of aryl methyl sites for hydroxylation is 2. The van der Waals surface area contributed by atoms with Crippen molar-refractivity contribution >= 4 is 35.1 Å². The van der Waals surface area contributed by atoms with Crippen molar-refractivity contribution < 1.29 is 19.0 Å². The van der Waals surface area contributed by atoms with Crippen LogP contribution in [0.1, 0.15) is 57.1 Å². The number of hydrogen-bond donors (Lipinski definition) is 0. The Morgan fingerprint density at radius 3 is 2.39 bits per heavy atom. The number of rotatable bonds is 9. The van der Waals surface area contributed by atoms with Crippen molar-refractivity contribution in [1.82, 2.24) is 9.78 Å². The van der Waals surface area contributed by atoms with E-state index in [4.69, 9.17) is 25.8 Å². The summed E-state index contributed by atoms with van der Waals surface area (Å²) in [5, 5.41) is 5.00. The summed E-state index contributed by atoms with van der Waals surface area (Å²) < 4.78 is 18.2. The van der Waals surface area contributed by atoms with Gasteiger partial charge in [0.25, 0.3) is 0 Å². The van der Waals surface area contributed by atoms with E-state index < -0.39 is 12.3 Å². The van der Waals surface area contributed by atoms with Gasteiger partial charge in [0.15, 0.2) is 5.76 Å². The van der Waals surface area contributed by atoms with Crippen LogP contribution in [0, 0.1) is 6.92 Å². The fourth-order valence-electron chi connectivity index (χ4n) is 3.32. The van der Waals surface area contributed by atoms with Gasteiger partial charge >= 0.3 is 5.97 Å². The molecular formula is C25H34ClN3O4. The lowest BCUT2D eigenvalue weighted by molar-refractivity contribution is -0.168. The third-order valence-corrected chi connectivity index (χ3v) is 5.43. The number of nitrogens with zero attached hydrogens (tertiary/aromatic N) is 3. The Kier molecular flexibility index (Phi) is 9.25. The van der Waals surface area contributed by atoms with Crippen LogP contribution in [0.15, 0.2) is 29.3 Å². The lowest BCUT2D eigenvalue weighted by atomic mass is 9.86. The minimum atomic E-state index is -0.895. The van der Waals surface area contributed by atoms with E-state index in [2.05, 4.69) is 43.0 Å². The lowest BCUT2D eigenvalue weighted by Crippen LogP contribution is -2.22. The van der Waals surface area contributed by atoms with E-state index in [9.17, 15) is 4.79 Å². The lowest BCUT2D eigenvalue weighted by Gasteiger charge is -2.22. The second kappa shape index (κ2) is 11.5. The first kappa shape index (κ1) is 26.6. The molecule has 1 atom stereocenters. The fraction of sp³-hybridized carbons (Fsp3) is 0.480. The van der Waals surface area contributed by atoms with Gasteiger partial charge in [-0.05, 0) is 30.4 Å². The maximum absolute atomic E-state index is 11.9. The van der Waals surface area contributed by atoms with Gasteiger partial charge in [0.05, 0.1) is 10.7 Å². The van der Waals surface area contributed by atoms with Crippen LogP contribution in [0.5, 0.6) is 0 Å². The highest BCUT2D eigenvalue weighted by Gasteiger charge is 2.25. The van der Waals surface area contributed by atoms with E-state index in [-0.39, 0.29) is 12.0 Å². The van der Waals surface area contributed by atoms with Crippen molar-refractivity contribution in [1.29, 1.82) is 0 Å². The molecule has 7 nitrogen and oxygen atoms in total. The Labute approximate surface area is 201 Å². The number of ether oxygens (including phenoxy) is 3. The van der Waals surface area contributed by atoms with E-state index in [1.165, 1.54) is 12.7 Å². The van der Waals surface area contributed by atoms with Gasteiger partial charge in [-0.15, -0.1) is 0 Å². The van der Waals surface area contributed by atoms with E-state index >= 15 is 0 Å². The third-order valence-electron chi connectivity index (χ3n) is 4.98. The van der Waals surface area contributed by atoms with E-state index in [0.717, 1.165) is 5.56 Å². The molecule has 0 aliphatic carbocycles. The van der Waals surface area contributed by atoms with Gasteiger partial charge in [0.1, 0.15) is 12.3 Å². The smallest absolute Gasteiger partial charge is 0.335 e. The largest absolute Gasteiger partial charge is 0.452 e. The standard InChI is InChI=1S/C25H34ClN3O4/c1-9-29-23(22(26)16(2)28-29)24(33-17(3)32-21(30)15-31-8)20(14-27-7)18-10-12-19(13-11-18)25(4,5)6/h10-14,17H,9,15H2,1-8H3/b24-20-,27-14?. The molecule has 0 fully saturated rings. The highest BCUT2D eigenvalue weighted by atomic mass is 35.5. The monoisotopic (exact) mass is 475 g/mol. The number of halogens is 1. The van der Waals surface area contributed by atoms with Gasteiger partial charge in [-0.25, -0.2) is 4.79 Å². The highest BCUT2D eigenvalue weighted by molar-refractivity contribution is 6.33. The Morgan fingerprint density at radius 1 is 1.24 bits per heavy atom. The Hall–Kier alpha value is -2.64.